The van der Waals surface area contributed by atoms with Crippen LogP contribution in [0.3, 0.4) is 0 Å². The Bertz CT molecular complexity index is 1410. The lowest BCUT2D eigenvalue weighted by atomic mass is 10.1. The number of rotatable bonds is 9. The summed E-state index contributed by atoms with van der Waals surface area (Å²) >= 11 is 6.08. The Balaban J connectivity index is 1.93. The molecule has 0 radical (unpaired) electrons. The molecular weight excluding hydrogens is 518 g/mol. The first-order chi connectivity index (χ1) is 18.0. The van der Waals surface area contributed by atoms with Crippen LogP contribution in [0.4, 0.5) is 21.9 Å². The van der Waals surface area contributed by atoms with E-state index in [4.69, 9.17) is 21.1 Å². The quantitative estimate of drug-likeness (QED) is 0.134. The van der Waals surface area contributed by atoms with Gasteiger partial charge in [0.2, 0.25) is 11.9 Å². The molecule has 0 aliphatic rings. The van der Waals surface area contributed by atoms with Crippen LogP contribution in [0.25, 0.3) is 0 Å². The first kappa shape index (κ1) is 27.8. The number of amides is 2. The average molecular weight is 540 g/mol. The molecule has 0 bridgehead atoms. The number of ketones is 1. The van der Waals surface area contributed by atoms with Gasteiger partial charge in [0.1, 0.15) is 12.0 Å². The van der Waals surface area contributed by atoms with Crippen molar-refractivity contribution in [1.82, 2.24) is 0 Å². The van der Waals surface area contributed by atoms with Crippen LogP contribution in [0.2, 0.25) is 5.02 Å². The fraction of sp³-hybridized carbons (Fsp3) is 0.154. The monoisotopic (exact) mass is 539 g/mol. The fourth-order valence-corrected chi connectivity index (χ4v) is 3.50. The number of Topliss-reactive ketones (excluding diaryl/α,β-unsaturated/α-hetero) is 1. The smallest absolute Gasteiger partial charge is 0.415 e. The lowest BCUT2D eigenvalue weighted by Gasteiger charge is -2.22. The number of hydrogen-bond donors (Lipinski definition) is 1. The van der Waals surface area contributed by atoms with E-state index >= 15 is 0 Å². The minimum absolute atomic E-state index is 0.0335. The number of hydrogen-bond acceptors (Lipinski definition) is 8. The van der Waals surface area contributed by atoms with E-state index in [0.29, 0.717) is 28.8 Å². The Morgan fingerprint density at radius 3 is 2.34 bits per heavy atom. The van der Waals surface area contributed by atoms with Crippen LogP contribution in [0.1, 0.15) is 26.3 Å². The largest absolute Gasteiger partial charge is 0.497 e. The zero-order valence-corrected chi connectivity index (χ0v) is 21.2. The van der Waals surface area contributed by atoms with E-state index < -0.39 is 28.8 Å². The summed E-state index contributed by atoms with van der Waals surface area (Å²) in [4.78, 5) is 62.1. The van der Waals surface area contributed by atoms with Gasteiger partial charge in [0, 0.05) is 36.0 Å². The van der Waals surface area contributed by atoms with Crippen molar-refractivity contribution < 1.29 is 33.6 Å². The summed E-state index contributed by atoms with van der Waals surface area (Å²) in [5.41, 5.74) is 0.905. The number of carbonyl (C=O) groups is 4. The van der Waals surface area contributed by atoms with Crippen molar-refractivity contribution in [2.45, 2.75) is 13.0 Å². The molecule has 1 unspecified atom stereocenters. The summed E-state index contributed by atoms with van der Waals surface area (Å²) in [6.07, 6.45) is -2.36. The number of benzene rings is 3. The number of aryl methyl sites for hydroxylation is 1. The molecule has 0 aliphatic carbocycles. The van der Waals surface area contributed by atoms with Gasteiger partial charge in [-0.15, -0.1) is 0 Å². The molecule has 1 N–H and O–H groups in total. The molecule has 196 valence electrons. The summed E-state index contributed by atoms with van der Waals surface area (Å²) in [5.74, 6) is -1.49. The van der Waals surface area contributed by atoms with Gasteiger partial charge in [0.15, 0.2) is 0 Å². The lowest BCUT2D eigenvalue weighted by Crippen LogP contribution is -2.42. The number of anilines is 2. The molecule has 2 amide bonds. The maximum atomic E-state index is 13.3. The van der Waals surface area contributed by atoms with Crippen LogP contribution >= 0.6 is 11.6 Å². The molecule has 0 aromatic heterocycles. The summed E-state index contributed by atoms with van der Waals surface area (Å²) < 4.78 is 10.4. The minimum Gasteiger partial charge on any atom is -0.497 e. The number of nitro groups is 1. The van der Waals surface area contributed by atoms with Crippen molar-refractivity contribution in [1.29, 1.82) is 0 Å². The van der Waals surface area contributed by atoms with Gasteiger partial charge in [-0.05, 0) is 61.0 Å². The molecule has 12 heteroatoms. The number of aldehydes is 1. The lowest BCUT2D eigenvalue weighted by molar-refractivity contribution is -0.384. The highest BCUT2D eigenvalue weighted by Gasteiger charge is 2.34. The average Bonchev–Trinajstić information content (AvgIpc) is 2.91. The van der Waals surface area contributed by atoms with Gasteiger partial charge in [0.05, 0.1) is 22.7 Å². The molecule has 0 saturated carbocycles. The number of nitrogens with one attached hydrogen (secondary N) is 1. The van der Waals surface area contributed by atoms with Gasteiger partial charge in [-0.3, -0.25) is 29.4 Å². The van der Waals surface area contributed by atoms with E-state index in [1.165, 1.54) is 56.6 Å². The number of methoxy groups -OCH3 is 1. The minimum atomic E-state index is -1.98. The second kappa shape index (κ2) is 12.0. The second-order valence-corrected chi connectivity index (χ2v) is 8.39. The summed E-state index contributed by atoms with van der Waals surface area (Å²) in [5, 5.41) is 13.4. The predicted octanol–water partition coefficient (Wildman–Crippen LogP) is 4.84. The molecular formula is C26H22ClN3O8. The summed E-state index contributed by atoms with van der Waals surface area (Å²) in [6, 6.07) is 13.7. The zero-order chi connectivity index (χ0) is 28.0. The number of non-ortho nitro benzene ring substituents is 1. The number of halogens is 1. The highest BCUT2D eigenvalue weighted by Crippen LogP contribution is 2.27. The van der Waals surface area contributed by atoms with Crippen molar-refractivity contribution >= 4 is 52.7 Å². The van der Waals surface area contributed by atoms with E-state index in [1.807, 2.05) is 0 Å². The predicted molar refractivity (Wildman–Crippen MR) is 139 cm³/mol. The highest BCUT2D eigenvalue weighted by atomic mass is 35.5. The molecule has 0 aliphatic heterocycles. The number of nitro benzene ring substituents is 1. The van der Waals surface area contributed by atoms with E-state index in [1.54, 1.807) is 13.0 Å². The van der Waals surface area contributed by atoms with E-state index in [-0.39, 0.29) is 22.0 Å². The third-order valence-corrected chi connectivity index (χ3v) is 5.86. The second-order valence-electron chi connectivity index (χ2n) is 7.98. The first-order valence-corrected chi connectivity index (χ1v) is 11.4. The zero-order valence-electron chi connectivity index (χ0n) is 20.5. The third kappa shape index (κ3) is 6.31. The highest BCUT2D eigenvalue weighted by molar-refractivity contribution is 6.34. The summed E-state index contributed by atoms with van der Waals surface area (Å²) in [7, 11) is 2.80. The van der Waals surface area contributed by atoms with Crippen LogP contribution in [-0.4, -0.2) is 49.3 Å². The van der Waals surface area contributed by atoms with Gasteiger partial charge in [-0.1, -0.05) is 11.6 Å². The fourth-order valence-electron chi connectivity index (χ4n) is 3.34. The molecule has 0 fully saturated rings. The molecule has 11 nitrogen and oxygen atoms in total. The van der Waals surface area contributed by atoms with E-state index in [2.05, 4.69) is 5.32 Å². The number of nitrogens with zero attached hydrogens (tertiary/aromatic N) is 2. The normalized spacial score (nSPS) is 11.2. The van der Waals surface area contributed by atoms with Crippen molar-refractivity contribution in [3.05, 3.63) is 92.5 Å². The maximum absolute atomic E-state index is 13.3. The third-order valence-electron chi connectivity index (χ3n) is 5.53. The molecule has 1 atom stereocenters. The number of ether oxygens (including phenoxy) is 2. The molecule has 3 aromatic rings. The van der Waals surface area contributed by atoms with Crippen LogP contribution < -0.4 is 15.0 Å². The topological polar surface area (TPSA) is 145 Å². The van der Waals surface area contributed by atoms with Crippen molar-refractivity contribution in [2.24, 2.45) is 0 Å². The van der Waals surface area contributed by atoms with E-state index in [9.17, 15) is 29.3 Å². The van der Waals surface area contributed by atoms with Gasteiger partial charge in [0.25, 0.3) is 11.6 Å². The van der Waals surface area contributed by atoms with Crippen LogP contribution in [0.5, 0.6) is 5.75 Å². The van der Waals surface area contributed by atoms with Crippen LogP contribution in [0, 0.1) is 17.0 Å². The van der Waals surface area contributed by atoms with Gasteiger partial charge >= 0.3 is 6.09 Å². The van der Waals surface area contributed by atoms with Crippen molar-refractivity contribution in [3.8, 4) is 5.75 Å². The first-order valence-electron chi connectivity index (χ1n) is 11.0. The molecule has 38 heavy (non-hydrogen) atoms. The molecule has 0 saturated heterocycles. The van der Waals surface area contributed by atoms with Crippen molar-refractivity contribution in [3.63, 3.8) is 0 Å². The van der Waals surface area contributed by atoms with Crippen LogP contribution in [-0.2, 0) is 9.53 Å². The van der Waals surface area contributed by atoms with Crippen molar-refractivity contribution in [2.75, 3.05) is 24.4 Å². The Hall–Kier alpha value is -4.77. The Morgan fingerprint density at radius 1 is 1.08 bits per heavy atom. The maximum Gasteiger partial charge on any atom is 0.415 e. The Morgan fingerprint density at radius 2 is 1.76 bits per heavy atom. The summed E-state index contributed by atoms with van der Waals surface area (Å²) in [6.45, 7) is 1.68. The standard InChI is InChI=1S/C26H22ClN3O8/c1-15-12-18(7-4-17(15)14-31)29(2)26(34)38-24(23(32)16-5-9-20(37-3)10-6-16)25(33)28-22-13-19(30(35)36)8-11-21(22)27/h4-14,24H,1-3H3,(H,28,33). The Labute approximate surface area is 222 Å². The SMILES string of the molecule is COc1ccc(C(=O)C(OC(=O)N(C)c2ccc(C=O)c(C)c2)C(=O)Nc2cc([N+](=O)[O-])ccc2Cl)cc1. The van der Waals surface area contributed by atoms with Crippen LogP contribution in [0.15, 0.2) is 60.7 Å². The van der Waals surface area contributed by atoms with Gasteiger partial charge < -0.3 is 14.8 Å². The van der Waals surface area contributed by atoms with Gasteiger partial charge in [-0.25, -0.2) is 4.79 Å². The molecule has 3 rings (SSSR count). The molecule has 3 aromatic carbocycles. The van der Waals surface area contributed by atoms with Gasteiger partial charge in [-0.2, -0.15) is 0 Å². The molecule has 0 spiro atoms. The van der Waals surface area contributed by atoms with E-state index in [0.717, 1.165) is 17.0 Å². The molecule has 0 heterocycles. The number of carbonyl (C=O) groups excluding carboxylic acids is 4. The Kier molecular flexibility index (Phi) is 8.77.